The number of nitrogens with zero attached hydrogens (tertiary/aromatic N) is 1. The van der Waals surface area contributed by atoms with Crippen LogP contribution in [0.5, 0.6) is 0 Å². The normalized spacial score (nSPS) is 35.7. The molecule has 2 heterocycles. The highest BCUT2D eigenvalue weighted by Gasteiger charge is 2.46. The highest BCUT2D eigenvalue weighted by Crippen LogP contribution is 2.37. The lowest BCUT2D eigenvalue weighted by Gasteiger charge is -2.42. The molecule has 0 aromatic rings. The zero-order valence-electron chi connectivity index (χ0n) is 11.0. The number of nitrogens with one attached hydrogen (secondary N) is 1. The fraction of sp³-hybridized carbons (Fsp3) is 1.00. The molecule has 0 amide bonds. The lowest BCUT2D eigenvalue weighted by Crippen LogP contribution is -2.51. The Labute approximate surface area is 107 Å². The van der Waals surface area contributed by atoms with Gasteiger partial charge in [-0.05, 0) is 58.2 Å². The molecule has 0 radical (unpaired) electrons. The van der Waals surface area contributed by atoms with Crippen LogP contribution in [0.4, 0.5) is 13.2 Å². The van der Waals surface area contributed by atoms with E-state index < -0.39 is 12.1 Å². The van der Waals surface area contributed by atoms with Crippen LogP contribution in [-0.2, 0) is 0 Å². The standard InChI is InChI=1S/C13H23F3N2/c1-10-12(13(14,15)16)5-3-7-18(10)9-11-4-2-6-17-8-11/h10-12,17H,2-9H2,1H3. The molecule has 3 unspecified atom stereocenters. The molecule has 2 fully saturated rings. The van der Waals surface area contributed by atoms with E-state index in [0.29, 0.717) is 18.8 Å². The van der Waals surface area contributed by atoms with Crippen molar-refractivity contribution in [1.29, 1.82) is 0 Å². The van der Waals surface area contributed by atoms with E-state index in [4.69, 9.17) is 0 Å². The van der Waals surface area contributed by atoms with Crippen molar-refractivity contribution in [1.82, 2.24) is 10.2 Å². The van der Waals surface area contributed by atoms with Crippen molar-refractivity contribution in [3.63, 3.8) is 0 Å². The van der Waals surface area contributed by atoms with E-state index >= 15 is 0 Å². The molecule has 3 atom stereocenters. The Hall–Kier alpha value is -0.290. The summed E-state index contributed by atoms with van der Waals surface area (Å²) in [6, 6.07) is -0.360. The molecule has 0 spiro atoms. The van der Waals surface area contributed by atoms with Gasteiger partial charge in [0.1, 0.15) is 0 Å². The summed E-state index contributed by atoms with van der Waals surface area (Å²) in [6.07, 6.45) is -0.774. The molecule has 5 heteroatoms. The summed E-state index contributed by atoms with van der Waals surface area (Å²) in [5.41, 5.74) is 0. The average Bonchev–Trinajstić information content (AvgIpc) is 2.32. The summed E-state index contributed by atoms with van der Waals surface area (Å²) in [6.45, 7) is 5.40. The minimum absolute atomic E-state index is 0.296. The van der Waals surface area contributed by atoms with Crippen molar-refractivity contribution >= 4 is 0 Å². The molecular formula is C13H23F3N2. The summed E-state index contributed by atoms with van der Waals surface area (Å²) in [5.74, 6) is -0.615. The Bertz CT molecular complexity index is 261. The highest BCUT2D eigenvalue weighted by molar-refractivity contribution is 4.87. The van der Waals surface area contributed by atoms with Crippen LogP contribution in [0.25, 0.3) is 0 Å². The van der Waals surface area contributed by atoms with Gasteiger partial charge in [0.05, 0.1) is 5.92 Å². The lowest BCUT2D eigenvalue weighted by atomic mass is 9.88. The number of likely N-dealkylation sites (tertiary alicyclic amines) is 1. The molecule has 2 aliphatic heterocycles. The van der Waals surface area contributed by atoms with Crippen molar-refractivity contribution in [3.8, 4) is 0 Å². The van der Waals surface area contributed by atoms with Crippen molar-refractivity contribution in [2.45, 2.75) is 44.8 Å². The molecule has 106 valence electrons. The van der Waals surface area contributed by atoms with Crippen LogP contribution >= 0.6 is 0 Å². The van der Waals surface area contributed by atoms with E-state index in [-0.39, 0.29) is 6.04 Å². The summed E-state index contributed by atoms with van der Waals surface area (Å²) in [7, 11) is 0. The molecule has 0 aliphatic carbocycles. The van der Waals surface area contributed by atoms with Crippen LogP contribution in [0, 0.1) is 11.8 Å². The highest BCUT2D eigenvalue weighted by atomic mass is 19.4. The Morgan fingerprint density at radius 3 is 2.61 bits per heavy atom. The first-order valence-electron chi connectivity index (χ1n) is 7.00. The third kappa shape index (κ3) is 3.38. The van der Waals surface area contributed by atoms with E-state index in [9.17, 15) is 13.2 Å². The summed E-state index contributed by atoms with van der Waals surface area (Å²) >= 11 is 0. The van der Waals surface area contributed by atoms with Crippen LogP contribution in [-0.4, -0.2) is 43.3 Å². The van der Waals surface area contributed by atoms with E-state index in [0.717, 1.165) is 39.0 Å². The molecule has 2 rings (SSSR count). The van der Waals surface area contributed by atoms with Crippen LogP contribution in [0.1, 0.15) is 32.6 Å². The first-order chi connectivity index (χ1) is 8.48. The number of rotatable bonds is 2. The molecule has 1 N–H and O–H groups in total. The van der Waals surface area contributed by atoms with Gasteiger partial charge in [0.15, 0.2) is 0 Å². The monoisotopic (exact) mass is 264 g/mol. The van der Waals surface area contributed by atoms with E-state index in [1.54, 1.807) is 6.92 Å². The maximum Gasteiger partial charge on any atom is 0.393 e. The molecule has 18 heavy (non-hydrogen) atoms. The van der Waals surface area contributed by atoms with E-state index in [1.165, 1.54) is 0 Å². The fourth-order valence-corrected chi connectivity index (χ4v) is 3.32. The molecule has 0 aromatic heterocycles. The molecule has 2 saturated heterocycles. The second-order valence-corrected chi connectivity index (χ2v) is 5.74. The summed E-state index contributed by atoms with van der Waals surface area (Å²) in [4.78, 5) is 2.05. The largest absolute Gasteiger partial charge is 0.393 e. The van der Waals surface area contributed by atoms with Gasteiger partial charge in [0.2, 0.25) is 0 Å². The van der Waals surface area contributed by atoms with Crippen LogP contribution < -0.4 is 5.32 Å². The number of halogens is 3. The van der Waals surface area contributed by atoms with Gasteiger partial charge in [0.25, 0.3) is 0 Å². The Morgan fingerprint density at radius 1 is 1.22 bits per heavy atom. The van der Waals surface area contributed by atoms with Gasteiger partial charge in [-0.15, -0.1) is 0 Å². The van der Waals surface area contributed by atoms with E-state index in [1.807, 2.05) is 0 Å². The van der Waals surface area contributed by atoms with Gasteiger partial charge in [-0.1, -0.05) is 0 Å². The molecule has 0 aromatic carbocycles. The fourth-order valence-electron chi connectivity index (χ4n) is 3.32. The minimum Gasteiger partial charge on any atom is -0.316 e. The van der Waals surface area contributed by atoms with Gasteiger partial charge in [-0.2, -0.15) is 13.2 Å². The van der Waals surface area contributed by atoms with Crippen molar-refractivity contribution < 1.29 is 13.2 Å². The second kappa shape index (κ2) is 5.78. The van der Waals surface area contributed by atoms with Crippen molar-refractivity contribution in [2.75, 3.05) is 26.2 Å². The quantitative estimate of drug-likeness (QED) is 0.825. The molecular weight excluding hydrogens is 241 g/mol. The topological polar surface area (TPSA) is 15.3 Å². The third-order valence-corrected chi connectivity index (χ3v) is 4.43. The number of piperidine rings is 2. The minimum atomic E-state index is -4.04. The Kier molecular flexibility index (Phi) is 4.54. The van der Waals surface area contributed by atoms with Crippen LogP contribution in [0.15, 0.2) is 0 Å². The van der Waals surface area contributed by atoms with E-state index in [2.05, 4.69) is 10.2 Å². The zero-order valence-corrected chi connectivity index (χ0v) is 11.0. The summed E-state index contributed by atoms with van der Waals surface area (Å²) in [5, 5.41) is 3.33. The Balaban J connectivity index is 1.91. The van der Waals surface area contributed by atoms with Crippen LogP contribution in [0.2, 0.25) is 0 Å². The first-order valence-corrected chi connectivity index (χ1v) is 7.00. The number of hydrogen-bond acceptors (Lipinski definition) is 2. The maximum atomic E-state index is 12.9. The smallest absolute Gasteiger partial charge is 0.316 e. The second-order valence-electron chi connectivity index (χ2n) is 5.74. The predicted octanol–water partition coefficient (Wildman–Crippen LogP) is 2.65. The van der Waals surface area contributed by atoms with Crippen molar-refractivity contribution in [3.05, 3.63) is 0 Å². The maximum absolute atomic E-state index is 12.9. The van der Waals surface area contributed by atoms with Gasteiger partial charge >= 0.3 is 6.18 Å². The molecule has 2 aliphatic rings. The molecule has 0 bridgehead atoms. The van der Waals surface area contributed by atoms with Crippen LogP contribution in [0.3, 0.4) is 0 Å². The molecule has 2 nitrogen and oxygen atoms in total. The lowest BCUT2D eigenvalue weighted by molar-refractivity contribution is -0.199. The first kappa shape index (κ1) is 14.1. The van der Waals surface area contributed by atoms with Gasteiger partial charge in [0, 0.05) is 12.6 Å². The van der Waals surface area contributed by atoms with Gasteiger partial charge in [-0.25, -0.2) is 0 Å². The molecule has 0 saturated carbocycles. The number of alkyl halides is 3. The van der Waals surface area contributed by atoms with Gasteiger partial charge in [-0.3, -0.25) is 4.90 Å². The SMILES string of the molecule is CC1C(C(F)(F)F)CCCN1CC1CCCNC1. The predicted molar refractivity (Wildman–Crippen MR) is 65.4 cm³/mol. The average molecular weight is 264 g/mol. The van der Waals surface area contributed by atoms with Gasteiger partial charge < -0.3 is 5.32 Å². The Morgan fingerprint density at radius 2 is 2.00 bits per heavy atom. The zero-order chi connectivity index (χ0) is 13.2. The number of hydrogen-bond donors (Lipinski definition) is 1. The summed E-state index contributed by atoms with van der Waals surface area (Å²) < 4.78 is 38.7. The van der Waals surface area contributed by atoms with Crippen molar-refractivity contribution in [2.24, 2.45) is 11.8 Å². The third-order valence-electron chi connectivity index (χ3n) is 4.43.